The van der Waals surface area contributed by atoms with Crippen LogP contribution in [-0.4, -0.2) is 58.5 Å². The van der Waals surface area contributed by atoms with Gasteiger partial charge in [-0.15, -0.1) is 0 Å². The van der Waals surface area contributed by atoms with Crippen LogP contribution in [0.5, 0.6) is 0 Å². The first-order chi connectivity index (χ1) is 7.06. The Labute approximate surface area is 90.3 Å². The third-order valence-electron chi connectivity index (χ3n) is 2.52. The standard InChI is InChI=1S/C10H21NO4/c1-3-9(7-13)11(4-5-12)6-8(2)10(14)15/h8-9,12-13H,3-7H2,1-2H3,(H,14,15). The van der Waals surface area contributed by atoms with Gasteiger partial charge in [-0.1, -0.05) is 13.8 Å². The number of aliphatic hydroxyl groups is 2. The molecule has 0 aromatic rings. The van der Waals surface area contributed by atoms with Gasteiger partial charge in [0.25, 0.3) is 0 Å². The lowest BCUT2D eigenvalue weighted by Crippen LogP contribution is -2.43. The molecular formula is C10H21NO4. The van der Waals surface area contributed by atoms with Crippen LogP contribution in [-0.2, 0) is 4.79 Å². The lowest BCUT2D eigenvalue weighted by molar-refractivity contribution is -0.142. The minimum atomic E-state index is -0.856. The molecule has 15 heavy (non-hydrogen) atoms. The van der Waals surface area contributed by atoms with Gasteiger partial charge in [-0.2, -0.15) is 0 Å². The van der Waals surface area contributed by atoms with Gasteiger partial charge in [-0.3, -0.25) is 9.69 Å². The van der Waals surface area contributed by atoms with Crippen LogP contribution in [0, 0.1) is 5.92 Å². The van der Waals surface area contributed by atoms with E-state index < -0.39 is 11.9 Å². The Morgan fingerprint density at radius 1 is 1.40 bits per heavy atom. The molecule has 0 saturated heterocycles. The monoisotopic (exact) mass is 219 g/mol. The third kappa shape index (κ3) is 5.11. The zero-order valence-electron chi connectivity index (χ0n) is 9.39. The number of rotatable bonds is 8. The van der Waals surface area contributed by atoms with E-state index in [9.17, 15) is 4.79 Å². The summed E-state index contributed by atoms with van der Waals surface area (Å²) in [5.74, 6) is -1.34. The van der Waals surface area contributed by atoms with Crippen molar-refractivity contribution in [3.05, 3.63) is 0 Å². The van der Waals surface area contributed by atoms with Crippen molar-refractivity contribution in [2.75, 3.05) is 26.3 Å². The fourth-order valence-electron chi connectivity index (χ4n) is 1.48. The molecule has 0 aliphatic carbocycles. The van der Waals surface area contributed by atoms with Gasteiger partial charge in [0.15, 0.2) is 0 Å². The van der Waals surface area contributed by atoms with Gasteiger partial charge in [-0.25, -0.2) is 0 Å². The van der Waals surface area contributed by atoms with Crippen LogP contribution >= 0.6 is 0 Å². The molecular weight excluding hydrogens is 198 g/mol. The van der Waals surface area contributed by atoms with E-state index in [1.165, 1.54) is 0 Å². The van der Waals surface area contributed by atoms with Crippen molar-refractivity contribution < 1.29 is 20.1 Å². The Kier molecular flexibility index (Phi) is 7.29. The second-order valence-electron chi connectivity index (χ2n) is 3.70. The predicted octanol–water partition coefficient (Wildman–Crippen LogP) is -0.228. The number of carboxylic acids is 1. The fourth-order valence-corrected chi connectivity index (χ4v) is 1.48. The molecule has 0 fully saturated rings. The van der Waals surface area contributed by atoms with E-state index in [-0.39, 0.29) is 19.3 Å². The van der Waals surface area contributed by atoms with E-state index >= 15 is 0 Å². The van der Waals surface area contributed by atoms with Gasteiger partial charge >= 0.3 is 5.97 Å². The summed E-state index contributed by atoms with van der Waals surface area (Å²) in [6.07, 6.45) is 0.739. The highest BCUT2D eigenvalue weighted by molar-refractivity contribution is 5.69. The number of nitrogens with zero attached hydrogens (tertiary/aromatic N) is 1. The Morgan fingerprint density at radius 2 is 2.00 bits per heavy atom. The van der Waals surface area contributed by atoms with Gasteiger partial charge in [-0.05, 0) is 6.42 Å². The summed E-state index contributed by atoms with van der Waals surface area (Å²) in [7, 11) is 0. The highest BCUT2D eigenvalue weighted by Gasteiger charge is 2.21. The molecule has 0 bridgehead atoms. The average molecular weight is 219 g/mol. The third-order valence-corrected chi connectivity index (χ3v) is 2.52. The first-order valence-electron chi connectivity index (χ1n) is 5.25. The molecule has 0 aliphatic rings. The van der Waals surface area contributed by atoms with Crippen LogP contribution in [0.25, 0.3) is 0 Å². The smallest absolute Gasteiger partial charge is 0.307 e. The predicted molar refractivity (Wildman–Crippen MR) is 56.6 cm³/mol. The normalized spacial score (nSPS) is 15.3. The maximum Gasteiger partial charge on any atom is 0.307 e. The summed E-state index contributed by atoms with van der Waals surface area (Å²) in [5.41, 5.74) is 0. The van der Waals surface area contributed by atoms with Crippen molar-refractivity contribution in [3.63, 3.8) is 0 Å². The number of carbonyl (C=O) groups is 1. The first-order valence-corrected chi connectivity index (χ1v) is 5.25. The average Bonchev–Trinajstić information content (AvgIpc) is 2.19. The molecule has 3 N–H and O–H groups in total. The fraction of sp³-hybridized carbons (Fsp3) is 0.900. The molecule has 0 amide bonds. The van der Waals surface area contributed by atoms with Crippen LogP contribution in [0.3, 0.4) is 0 Å². The maximum absolute atomic E-state index is 10.7. The Balaban J connectivity index is 4.30. The van der Waals surface area contributed by atoms with E-state index in [0.717, 1.165) is 6.42 Å². The van der Waals surface area contributed by atoms with Crippen LogP contribution in [0.1, 0.15) is 20.3 Å². The molecule has 0 heterocycles. The number of aliphatic hydroxyl groups excluding tert-OH is 2. The van der Waals surface area contributed by atoms with Crippen LogP contribution in [0.4, 0.5) is 0 Å². The summed E-state index contributed by atoms with van der Waals surface area (Å²) in [6.45, 7) is 4.27. The Morgan fingerprint density at radius 3 is 2.33 bits per heavy atom. The minimum Gasteiger partial charge on any atom is -0.481 e. The molecule has 5 nitrogen and oxygen atoms in total. The number of hydrogen-bond donors (Lipinski definition) is 3. The van der Waals surface area contributed by atoms with Gasteiger partial charge in [0.2, 0.25) is 0 Å². The number of carboxylic acid groups (broad SMARTS) is 1. The molecule has 0 spiro atoms. The van der Waals surface area contributed by atoms with Crippen LogP contribution in [0.2, 0.25) is 0 Å². The topological polar surface area (TPSA) is 81.0 Å². The molecule has 0 rings (SSSR count). The molecule has 0 aromatic heterocycles. The zero-order valence-corrected chi connectivity index (χ0v) is 9.39. The summed E-state index contributed by atoms with van der Waals surface area (Å²) in [4.78, 5) is 12.5. The Hall–Kier alpha value is -0.650. The molecule has 0 aliphatic heterocycles. The quantitative estimate of drug-likeness (QED) is 0.525. The largest absolute Gasteiger partial charge is 0.481 e. The SMILES string of the molecule is CCC(CO)N(CCO)CC(C)C(=O)O. The molecule has 90 valence electrons. The highest BCUT2D eigenvalue weighted by atomic mass is 16.4. The van der Waals surface area contributed by atoms with Gasteiger partial charge < -0.3 is 15.3 Å². The van der Waals surface area contributed by atoms with Crippen LogP contribution in [0.15, 0.2) is 0 Å². The van der Waals surface area contributed by atoms with Crippen LogP contribution < -0.4 is 0 Å². The lowest BCUT2D eigenvalue weighted by atomic mass is 10.1. The van der Waals surface area contributed by atoms with Crippen molar-refractivity contribution in [2.24, 2.45) is 5.92 Å². The second-order valence-corrected chi connectivity index (χ2v) is 3.70. The molecule has 0 saturated carbocycles. The summed E-state index contributed by atoms with van der Waals surface area (Å²) in [5, 5.41) is 26.7. The van der Waals surface area contributed by atoms with E-state index in [1.54, 1.807) is 6.92 Å². The maximum atomic E-state index is 10.7. The van der Waals surface area contributed by atoms with Crippen molar-refractivity contribution in [1.82, 2.24) is 4.90 Å². The van der Waals surface area contributed by atoms with Crippen molar-refractivity contribution in [1.29, 1.82) is 0 Å². The zero-order chi connectivity index (χ0) is 11.8. The lowest BCUT2D eigenvalue weighted by Gasteiger charge is -2.30. The number of aliphatic carboxylic acids is 1. The van der Waals surface area contributed by atoms with Crippen molar-refractivity contribution in [2.45, 2.75) is 26.3 Å². The molecule has 2 atom stereocenters. The second kappa shape index (κ2) is 7.62. The van der Waals surface area contributed by atoms with Crippen molar-refractivity contribution >= 4 is 5.97 Å². The summed E-state index contributed by atoms with van der Waals surface area (Å²) >= 11 is 0. The van der Waals surface area contributed by atoms with Gasteiger partial charge in [0, 0.05) is 19.1 Å². The van der Waals surface area contributed by atoms with Gasteiger partial charge in [0.05, 0.1) is 19.1 Å². The first kappa shape index (κ1) is 14.3. The van der Waals surface area contributed by atoms with Crippen molar-refractivity contribution in [3.8, 4) is 0 Å². The summed E-state index contributed by atoms with van der Waals surface area (Å²) < 4.78 is 0. The highest BCUT2D eigenvalue weighted by Crippen LogP contribution is 2.07. The van der Waals surface area contributed by atoms with Gasteiger partial charge in [0.1, 0.15) is 0 Å². The minimum absolute atomic E-state index is 0.0111. The molecule has 0 aromatic carbocycles. The summed E-state index contributed by atoms with van der Waals surface area (Å²) in [6, 6.07) is -0.0704. The van der Waals surface area contributed by atoms with E-state index in [0.29, 0.717) is 13.1 Å². The Bertz CT molecular complexity index is 182. The van der Waals surface area contributed by atoms with E-state index in [4.69, 9.17) is 15.3 Å². The molecule has 5 heteroatoms. The molecule has 0 radical (unpaired) electrons. The van der Waals surface area contributed by atoms with E-state index in [1.807, 2.05) is 11.8 Å². The van der Waals surface area contributed by atoms with E-state index in [2.05, 4.69) is 0 Å². The number of hydrogen-bond acceptors (Lipinski definition) is 4. The molecule has 2 unspecified atom stereocenters.